The maximum Gasteiger partial charge on any atom is 0.0619 e. The highest BCUT2D eigenvalue weighted by Gasteiger charge is 2.26. The highest BCUT2D eigenvalue weighted by atomic mass is 32.1. The van der Waals surface area contributed by atoms with Gasteiger partial charge in [0.1, 0.15) is 0 Å². The Labute approximate surface area is 426 Å². The van der Waals surface area contributed by atoms with E-state index in [1.54, 1.807) is 0 Å². The van der Waals surface area contributed by atoms with E-state index in [0.717, 1.165) is 34.1 Å². The molecule has 2 nitrogen and oxygen atoms in total. The van der Waals surface area contributed by atoms with E-state index in [2.05, 4.69) is 266 Å². The van der Waals surface area contributed by atoms with Gasteiger partial charge in [0.05, 0.1) is 11.4 Å². The topological polar surface area (TPSA) is 6.48 Å². The second-order valence-electron chi connectivity index (χ2n) is 19.0. The SMILES string of the molecule is Cc1cccc(N(c2ccc(-c3cccc4c3sc3ccccc34)cc2)c2c3ccccc3cc3c(N(c4ccc(-c5cccc6c5sc5ccccc56)cc4)c4cccc(C)c4)c4ccccc4cc23)c1. The summed E-state index contributed by atoms with van der Waals surface area (Å²) in [7, 11) is 0. The molecule has 0 amide bonds. The highest BCUT2D eigenvalue weighted by molar-refractivity contribution is 7.26. The summed E-state index contributed by atoms with van der Waals surface area (Å²) >= 11 is 3.76. The van der Waals surface area contributed by atoms with Crippen LogP contribution in [0.25, 0.3) is 94.9 Å². The first-order chi connectivity index (χ1) is 35.5. The fourth-order valence-electron chi connectivity index (χ4n) is 11.2. The van der Waals surface area contributed by atoms with Crippen molar-refractivity contribution in [3.8, 4) is 22.3 Å². The molecule has 0 unspecified atom stereocenters. The Morgan fingerprint density at radius 2 is 0.653 bits per heavy atom. The predicted molar refractivity (Wildman–Crippen MR) is 314 cm³/mol. The lowest BCUT2D eigenvalue weighted by atomic mass is 9.93. The molecule has 0 atom stereocenters. The van der Waals surface area contributed by atoms with E-state index in [4.69, 9.17) is 0 Å². The minimum atomic E-state index is 1.10. The van der Waals surface area contributed by atoms with Crippen LogP contribution in [0, 0.1) is 13.8 Å². The van der Waals surface area contributed by atoms with Crippen molar-refractivity contribution in [3.05, 3.63) is 254 Å². The van der Waals surface area contributed by atoms with Crippen molar-refractivity contribution in [1.82, 2.24) is 0 Å². The van der Waals surface area contributed by atoms with E-state index in [1.807, 2.05) is 22.7 Å². The van der Waals surface area contributed by atoms with E-state index in [0.29, 0.717) is 0 Å². The number of hydrogen-bond acceptors (Lipinski definition) is 4. The Bertz CT molecular complexity index is 4140. The Morgan fingerprint density at radius 3 is 1.08 bits per heavy atom. The number of benzene rings is 12. The summed E-state index contributed by atoms with van der Waals surface area (Å²) < 4.78 is 5.28. The average Bonchev–Trinajstić information content (AvgIpc) is 4.01. The van der Waals surface area contributed by atoms with Gasteiger partial charge in [0.15, 0.2) is 0 Å². The van der Waals surface area contributed by atoms with E-state index < -0.39 is 0 Å². The molecule has 0 saturated heterocycles. The fraction of sp³-hybridized carbons (Fsp3) is 0.0294. The molecule has 0 spiro atoms. The first-order valence-electron chi connectivity index (χ1n) is 24.6. The van der Waals surface area contributed by atoms with Gasteiger partial charge in [0.2, 0.25) is 0 Å². The Morgan fingerprint density at radius 1 is 0.278 bits per heavy atom. The van der Waals surface area contributed by atoms with Crippen LogP contribution in [0.4, 0.5) is 34.1 Å². The standard InChI is InChI=1S/C68H46N2S2/c1-43-15-11-19-51(39-43)69(49-35-31-45(32-36-49)55-25-13-27-59-57-23-7-9-29-63(57)71-67(55)59)65-53-21-5-3-17-47(53)42-62-61(65)41-48-18-4-6-22-54(48)66(62)70(52-20-12-16-44(2)40-52)50-37-33-46(34-38-50)56-26-14-28-60-58-24-8-10-30-64(58)72-68(56)60/h3-42H,1-2H3. The molecule has 72 heavy (non-hydrogen) atoms. The van der Waals surface area contributed by atoms with Crippen LogP contribution in [0.1, 0.15) is 11.1 Å². The zero-order valence-electron chi connectivity index (χ0n) is 39.8. The van der Waals surface area contributed by atoms with Crippen LogP contribution < -0.4 is 9.80 Å². The lowest BCUT2D eigenvalue weighted by molar-refractivity contribution is 1.29. The van der Waals surface area contributed by atoms with Gasteiger partial charge in [0, 0.05) is 84.6 Å². The minimum absolute atomic E-state index is 1.10. The van der Waals surface area contributed by atoms with Crippen molar-refractivity contribution in [3.63, 3.8) is 0 Å². The van der Waals surface area contributed by atoms with Gasteiger partial charge in [-0.1, -0.05) is 170 Å². The van der Waals surface area contributed by atoms with E-state index in [9.17, 15) is 0 Å². The van der Waals surface area contributed by atoms with Gasteiger partial charge in [0.25, 0.3) is 0 Å². The molecule has 0 radical (unpaired) electrons. The molecule has 0 aliphatic rings. The van der Waals surface area contributed by atoms with Gasteiger partial charge >= 0.3 is 0 Å². The Kier molecular flexibility index (Phi) is 10.1. The van der Waals surface area contributed by atoms with Crippen LogP contribution in [0.15, 0.2) is 243 Å². The molecule has 340 valence electrons. The second kappa shape index (κ2) is 17.1. The van der Waals surface area contributed by atoms with Crippen molar-refractivity contribution in [1.29, 1.82) is 0 Å². The molecule has 0 N–H and O–H groups in total. The minimum Gasteiger partial charge on any atom is -0.309 e. The first-order valence-corrected chi connectivity index (χ1v) is 26.3. The largest absolute Gasteiger partial charge is 0.309 e. The van der Waals surface area contributed by atoms with Crippen molar-refractivity contribution in [2.45, 2.75) is 13.8 Å². The molecule has 14 rings (SSSR count). The number of hydrogen-bond donors (Lipinski definition) is 0. The van der Waals surface area contributed by atoms with Crippen LogP contribution in [-0.2, 0) is 0 Å². The maximum atomic E-state index is 2.50. The van der Waals surface area contributed by atoms with Crippen LogP contribution in [-0.4, -0.2) is 0 Å². The number of aryl methyl sites for hydroxylation is 2. The smallest absolute Gasteiger partial charge is 0.0619 e. The number of anilines is 6. The van der Waals surface area contributed by atoms with Gasteiger partial charge in [-0.05, 0) is 131 Å². The van der Waals surface area contributed by atoms with E-state index in [1.165, 1.54) is 106 Å². The zero-order chi connectivity index (χ0) is 47.9. The Balaban J connectivity index is 0.999. The average molecular weight is 955 g/mol. The van der Waals surface area contributed by atoms with E-state index >= 15 is 0 Å². The molecule has 2 heterocycles. The number of fused-ring (bicyclic) bond motifs is 9. The predicted octanol–water partition coefficient (Wildman–Crippen LogP) is 20.8. The summed E-state index contributed by atoms with van der Waals surface area (Å²) in [4.78, 5) is 5.00. The molecule has 4 heteroatoms. The number of thiophene rings is 2. The summed E-state index contributed by atoms with van der Waals surface area (Å²) in [6, 6.07) is 90.2. The van der Waals surface area contributed by atoms with Crippen molar-refractivity contribution in [2.75, 3.05) is 9.80 Å². The molecule has 0 bridgehead atoms. The Hall–Kier alpha value is -8.54. The summed E-state index contributed by atoms with van der Waals surface area (Å²) in [6.45, 7) is 4.38. The third-order valence-electron chi connectivity index (χ3n) is 14.5. The van der Waals surface area contributed by atoms with E-state index in [-0.39, 0.29) is 0 Å². The van der Waals surface area contributed by atoms with Gasteiger partial charge in [-0.25, -0.2) is 0 Å². The van der Waals surface area contributed by atoms with Gasteiger partial charge in [-0.2, -0.15) is 0 Å². The third kappa shape index (κ3) is 6.98. The van der Waals surface area contributed by atoms with Crippen LogP contribution in [0.5, 0.6) is 0 Å². The molecule has 2 aromatic heterocycles. The van der Waals surface area contributed by atoms with Gasteiger partial charge < -0.3 is 9.80 Å². The van der Waals surface area contributed by atoms with Crippen LogP contribution in [0.3, 0.4) is 0 Å². The normalized spacial score (nSPS) is 11.8. The molecule has 0 aliphatic heterocycles. The van der Waals surface area contributed by atoms with Gasteiger partial charge in [-0.15, -0.1) is 22.7 Å². The lowest BCUT2D eigenvalue weighted by Gasteiger charge is -2.32. The molecule has 0 saturated carbocycles. The molecule has 14 aromatic rings. The monoisotopic (exact) mass is 954 g/mol. The first kappa shape index (κ1) is 42.3. The number of rotatable bonds is 8. The fourth-order valence-corrected chi connectivity index (χ4v) is 13.7. The quantitative estimate of drug-likeness (QED) is 0.140. The second-order valence-corrected chi connectivity index (χ2v) is 21.1. The summed E-state index contributed by atoms with van der Waals surface area (Å²) in [5, 5.41) is 12.3. The molecule has 12 aromatic carbocycles. The third-order valence-corrected chi connectivity index (χ3v) is 16.9. The maximum absolute atomic E-state index is 2.50. The molecule has 0 fully saturated rings. The van der Waals surface area contributed by atoms with Crippen molar-refractivity contribution in [2.24, 2.45) is 0 Å². The summed E-state index contributed by atoms with van der Waals surface area (Å²) in [6.07, 6.45) is 0. The van der Waals surface area contributed by atoms with Crippen molar-refractivity contribution < 1.29 is 0 Å². The van der Waals surface area contributed by atoms with Crippen LogP contribution >= 0.6 is 22.7 Å². The summed E-state index contributed by atoms with van der Waals surface area (Å²) in [5.41, 5.74) is 14.1. The summed E-state index contributed by atoms with van der Waals surface area (Å²) in [5.74, 6) is 0. The van der Waals surface area contributed by atoms with Crippen molar-refractivity contribution >= 4 is 129 Å². The van der Waals surface area contributed by atoms with Crippen LogP contribution in [0.2, 0.25) is 0 Å². The number of nitrogens with zero attached hydrogens (tertiary/aromatic N) is 2. The molecular formula is C68H46N2S2. The lowest BCUT2D eigenvalue weighted by Crippen LogP contribution is -2.14. The highest BCUT2D eigenvalue weighted by Crippen LogP contribution is 2.52. The van der Waals surface area contributed by atoms with Gasteiger partial charge in [-0.3, -0.25) is 0 Å². The molecule has 0 aliphatic carbocycles. The zero-order valence-corrected chi connectivity index (χ0v) is 41.4. The molecular weight excluding hydrogens is 909 g/mol.